The summed E-state index contributed by atoms with van der Waals surface area (Å²) >= 11 is 0. The van der Waals surface area contributed by atoms with E-state index in [0.29, 0.717) is 6.04 Å². The van der Waals surface area contributed by atoms with Gasteiger partial charge in [0.15, 0.2) is 0 Å². The van der Waals surface area contributed by atoms with Crippen LogP contribution in [0.2, 0.25) is 0 Å². The highest BCUT2D eigenvalue weighted by atomic mass is 16.5. The zero-order valence-corrected chi connectivity index (χ0v) is 15.4. The molecule has 2 aliphatic heterocycles. The van der Waals surface area contributed by atoms with Gasteiger partial charge in [0.25, 0.3) is 0 Å². The molecule has 3 nitrogen and oxygen atoms in total. The van der Waals surface area contributed by atoms with E-state index in [1.807, 2.05) is 0 Å². The maximum Gasteiger partial charge on any atom is 0.132 e. The second kappa shape index (κ2) is 7.05. The molecule has 0 bridgehead atoms. The van der Waals surface area contributed by atoms with Crippen LogP contribution in [0.15, 0.2) is 48.5 Å². The molecule has 2 aromatic rings. The molecule has 1 aliphatic carbocycles. The number of benzene rings is 2. The molecule has 0 radical (unpaired) electrons. The van der Waals surface area contributed by atoms with Crippen LogP contribution in [-0.2, 0) is 0 Å². The standard InChI is InChI=1S/C23H28N2O/c1-2-8-18(9-3-1)25-15-14-17(16-25)24-23-19-10-4-6-12-21(19)26-22-13-7-5-11-20(22)23/h4-7,10-13,17-18,23-24H,1-3,8-9,14-16H2. The van der Waals surface area contributed by atoms with E-state index in [4.69, 9.17) is 4.74 Å². The van der Waals surface area contributed by atoms with Gasteiger partial charge in [0.05, 0.1) is 6.04 Å². The average Bonchev–Trinajstić information content (AvgIpc) is 3.17. The third kappa shape index (κ3) is 3.04. The van der Waals surface area contributed by atoms with E-state index in [1.165, 1.54) is 62.7 Å². The summed E-state index contributed by atoms with van der Waals surface area (Å²) in [5.74, 6) is 1.98. The van der Waals surface area contributed by atoms with E-state index in [1.54, 1.807) is 0 Å². The topological polar surface area (TPSA) is 24.5 Å². The van der Waals surface area contributed by atoms with Gasteiger partial charge in [0, 0.05) is 36.3 Å². The number of rotatable bonds is 3. The first-order chi connectivity index (χ1) is 12.9. The number of nitrogens with one attached hydrogen (secondary N) is 1. The van der Waals surface area contributed by atoms with Crippen molar-refractivity contribution in [3.05, 3.63) is 59.7 Å². The molecule has 0 amide bonds. The van der Waals surface area contributed by atoms with Crippen molar-refractivity contribution in [1.82, 2.24) is 10.2 Å². The molecule has 0 aromatic heterocycles. The fourth-order valence-corrected chi connectivity index (χ4v) is 5.03. The van der Waals surface area contributed by atoms with Crippen molar-refractivity contribution in [2.75, 3.05) is 13.1 Å². The molecule has 1 atom stereocenters. The Bertz CT molecular complexity index is 723. The van der Waals surface area contributed by atoms with Gasteiger partial charge in [-0.25, -0.2) is 0 Å². The second-order valence-corrected chi connectivity index (χ2v) is 8.05. The maximum absolute atomic E-state index is 6.14. The van der Waals surface area contributed by atoms with Gasteiger partial charge in [-0.1, -0.05) is 55.7 Å². The molecule has 26 heavy (non-hydrogen) atoms. The third-order valence-corrected chi connectivity index (χ3v) is 6.39. The molecule has 1 saturated carbocycles. The van der Waals surface area contributed by atoms with Crippen molar-refractivity contribution in [3.63, 3.8) is 0 Å². The van der Waals surface area contributed by atoms with Crippen molar-refractivity contribution in [2.45, 2.75) is 56.7 Å². The number of ether oxygens (including phenoxy) is 1. The quantitative estimate of drug-likeness (QED) is 0.856. The number of hydrogen-bond acceptors (Lipinski definition) is 3. The van der Waals surface area contributed by atoms with Crippen LogP contribution in [0.5, 0.6) is 11.5 Å². The Morgan fingerprint density at radius 1 is 0.808 bits per heavy atom. The van der Waals surface area contributed by atoms with Crippen molar-refractivity contribution in [3.8, 4) is 11.5 Å². The van der Waals surface area contributed by atoms with E-state index < -0.39 is 0 Å². The first-order valence-corrected chi connectivity index (χ1v) is 10.2. The van der Waals surface area contributed by atoms with Gasteiger partial charge in [-0.3, -0.25) is 4.90 Å². The average molecular weight is 348 g/mol. The van der Waals surface area contributed by atoms with Crippen LogP contribution in [0.1, 0.15) is 55.7 Å². The van der Waals surface area contributed by atoms with E-state index in [-0.39, 0.29) is 6.04 Å². The summed E-state index contributed by atoms with van der Waals surface area (Å²) in [4.78, 5) is 2.74. The van der Waals surface area contributed by atoms with Gasteiger partial charge in [-0.05, 0) is 31.4 Å². The lowest BCUT2D eigenvalue weighted by Crippen LogP contribution is -2.40. The number of fused-ring (bicyclic) bond motifs is 2. The Labute approximate surface area is 156 Å². The fourth-order valence-electron chi connectivity index (χ4n) is 5.03. The molecule has 2 heterocycles. The third-order valence-electron chi connectivity index (χ3n) is 6.39. The highest BCUT2D eigenvalue weighted by Crippen LogP contribution is 2.43. The van der Waals surface area contributed by atoms with Crippen LogP contribution in [0, 0.1) is 0 Å². The number of likely N-dealkylation sites (tertiary alicyclic amines) is 1. The van der Waals surface area contributed by atoms with E-state index in [9.17, 15) is 0 Å². The predicted molar refractivity (Wildman–Crippen MR) is 105 cm³/mol. The summed E-state index contributed by atoms with van der Waals surface area (Å²) in [7, 11) is 0. The summed E-state index contributed by atoms with van der Waals surface area (Å²) in [6.45, 7) is 2.43. The largest absolute Gasteiger partial charge is 0.457 e. The molecule has 1 N–H and O–H groups in total. The predicted octanol–water partition coefficient (Wildman–Crippen LogP) is 4.88. The van der Waals surface area contributed by atoms with Gasteiger partial charge >= 0.3 is 0 Å². The Hall–Kier alpha value is -1.84. The first kappa shape index (κ1) is 16.3. The summed E-state index contributed by atoms with van der Waals surface area (Å²) in [6.07, 6.45) is 8.31. The number of nitrogens with zero attached hydrogens (tertiary/aromatic N) is 1. The molecule has 1 unspecified atom stereocenters. The minimum Gasteiger partial charge on any atom is -0.457 e. The van der Waals surface area contributed by atoms with Crippen molar-refractivity contribution >= 4 is 0 Å². The molecule has 2 fully saturated rings. The van der Waals surface area contributed by atoms with E-state index in [2.05, 4.69) is 58.7 Å². The van der Waals surface area contributed by atoms with Crippen molar-refractivity contribution < 1.29 is 4.74 Å². The first-order valence-electron chi connectivity index (χ1n) is 10.2. The molecule has 2 aromatic carbocycles. The molecule has 5 rings (SSSR count). The second-order valence-electron chi connectivity index (χ2n) is 8.05. The van der Waals surface area contributed by atoms with E-state index >= 15 is 0 Å². The SMILES string of the molecule is c1ccc2c(c1)Oc1ccccc1C2NC1CCN(C2CCCCC2)C1. The fraction of sp³-hybridized carbons (Fsp3) is 0.478. The Kier molecular flexibility index (Phi) is 4.43. The summed E-state index contributed by atoms with van der Waals surface area (Å²) in [6, 6.07) is 18.5. The minimum absolute atomic E-state index is 0.229. The van der Waals surface area contributed by atoms with Gasteiger partial charge in [0.2, 0.25) is 0 Å². The zero-order chi connectivity index (χ0) is 17.3. The molecular formula is C23H28N2O. The maximum atomic E-state index is 6.14. The van der Waals surface area contributed by atoms with Crippen LogP contribution in [0.4, 0.5) is 0 Å². The van der Waals surface area contributed by atoms with Crippen molar-refractivity contribution in [1.29, 1.82) is 0 Å². The summed E-state index contributed by atoms with van der Waals surface area (Å²) in [5, 5.41) is 3.98. The van der Waals surface area contributed by atoms with Crippen LogP contribution in [0.3, 0.4) is 0 Å². The highest BCUT2D eigenvalue weighted by molar-refractivity contribution is 5.52. The summed E-state index contributed by atoms with van der Waals surface area (Å²) in [5.41, 5.74) is 2.53. The molecule has 0 spiro atoms. The zero-order valence-electron chi connectivity index (χ0n) is 15.4. The molecule has 3 aliphatic rings. The van der Waals surface area contributed by atoms with Crippen molar-refractivity contribution in [2.24, 2.45) is 0 Å². The molecular weight excluding hydrogens is 320 g/mol. The van der Waals surface area contributed by atoms with Gasteiger partial charge in [-0.15, -0.1) is 0 Å². The summed E-state index contributed by atoms with van der Waals surface area (Å²) < 4.78 is 6.14. The smallest absolute Gasteiger partial charge is 0.132 e. The Morgan fingerprint density at radius 2 is 1.46 bits per heavy atom. The normalized spacial score (nSPS) is 24.1. The van der Waals surface area contributed by atoms with E-state index in [0.717, 1.165) is 17.5 Å². The van der Waals surface area contributed by atoms with Crippen LogP contribution < -0.4 is 10.1 Å². The lowest BCUT2D eigenvalue weighted by atomic mass is 9.93. The highest BCUT2D eigenvalue weighted by Gasteiger charge is 2.33. The molecule has 136 valence electrons. The van der Waals surface area contributed by atoms with Crippen LogP contribution in [-0.4, -0.2) is 30.1 Å². The lowest BCUT2D eigenvalue weighted by Gasteiger charge is -2.33. The van der Waals surface area contributed by atoms with Gasteiger partial charge in [0.1, 0.15) is 11.5 Å². The van der Waals surface area contributed by atoms with Gasteiger partial charge < -0.3 is 10.1 Å². The number of hydrogen-bond donors (Lipinski definition) is 1. The lowest BCUT2D eigenvalue weighted by molar-refractivity contribution is 0.186. The molecule has 3 heteroatoms. The van der Waals surface area contributed by atoms with Crippen LogP contribution >= 0.6 is 0 Å². The number of para-hydroxylation sites is 2. The van der Waals surface area contributed by atoms with Gasteiger partial charge in [-0.2, -0.15) is 0 Å². The minimum atomic E-state index is 0.229. The molecule has 1 saturated heterocycles. The Balaban J connectivity index is 1.36. The monoisotopic (exact) mass is 348 g/mol. The Morgan fingerprint density at radius 3 is 2.15 bits per heavy atom. The van der Waals surface area contributed by atoms with Crippen LogP contribution in [0.25, 0.3) is 0 Å².